The molecule has 0 aliphatic carbocycles. The van der Waals surface area contributed by atoms with Crippen LogP contribution in [0.15, 0.2) is 30.3 Å². The van der Waals surface area contributed by atoms with Gasteiger partial charge in [-0.1, -0.05) is 17.7 Å². The molecule has 0 unspecified atom stereocenters. The zero-order chi connectivity index (χ0) is 19.8. The molecule has 1 N–H and O–H groups in total. The SMILES string of the molecule is CCOc1cc(CCC(=O)O)cc(Cl)c1OCCOc1cc(C)cc(C)c1. The summed E-state index contributed by atoms with van der Waals surface area (Å²) in [4.78, 5) is 10.8. The van der Waals surface area contributed by atoms with Gasteiger partial charge in [-0.2, -0.15) is 0 Å². The molecule has 0 aliphatic heterocycles. The van der Waals surface area contributed by atoms with E-state index in [1.807, 2.05) is 32.9 Å². The fourth-order valence-corrected chi connectivity index (χ4v) is 3.03. The van der Waals surface area contributed by atoms with Gasteiger partial charge < -0.3 is 19.3 Å². The van der Waals surface area contributed by atoms with Crippen molar-refractivity contribution in [2.75, 3.05) is 19.8 Å². The van der Waals surface area contributed by atoms with Gasteiger partial charge in [0.15, 0.2) is 11.5 Å². The molecular weight excluding hydrogens is 368 g/mol. The van der Waals surface area contributed by atoms with E-state index >= 15 is 0 Å². The number of aryl methyl sites for hydroxylation is 3. The molecule has 0 bridgehead atoms. The largest absolute Gasteiger partial charge is 0.490 e. The molecule has 0 fully saturated rings. The molecule has 0 aromatic heterocycles. The maximum atomic E-state index is 10.8. The number of hydrogen-bond donors (Lipinski definition) is 1. The molecular formula is C21H25ClO5. The van der Waals surface area contributed by atoms with Crippen molar-refractivity contribution >= 4 is 17.6 Å². The van der Waals surface area contributed by atoms with Gasteiger partial charge in [-0.3, -0.25) is 4.79 Å². The third-order valence-electron chi connectivity index (χ3n) is 3.79. The van der Waals surface area contributed by atoms with Crippen LogP contribution in [0.4, 0.5) is 0 Å². The number of carboxylic acids is 1. The monoisotopic (exact) mass is 392 g/mol. The summed E-state index contributed by atoms with van der Waals surface area (Å²) in [6.07, 6.45) is 0.414. The molecule has 5 nitrogen and oxygen atoms in total. The van der Waals surface area contributed by atoms with Crippen LogP contribution in [0.5, 0.6) is 17.2 Å². The third-order valence-corrected chi connectivity index (χ3v) is 4.07. The molecule has 146 valence electrons. The topological polar surface area (TPSA) is 65.0 Å². The first-order valence-corrected chi connectivity index (χ1v) is 9.27. The van der Waals surface area contributed by atoms with Gasteiger partial charge in [0.2, 0.25) is 0 Å². The van der Waals surface area contributed by atoms with E-state index in [0.717, 1.165) is 22.4 Å². The fraction of sp³-hybridized carbons (Fsp3) is 0.381. The van der Waals surface area contributed by atoms with Crippen LogP contribution in [-0.2, 0) is 11.2 Å². The van der Waals surface area contributed by atoms with Crippen molar-refractivity contribution in [1.82, 2.24) is 0 Å². The van der Waals surface area contributed by atoms with Crippen LogP contribution in [0.3, 0.4) is 0 Å². The van der Waals surface area contributed by atoms with E-state index in [1.54, 1.807) is 12.1 Å². The van der Waals surface area contributed by atoms with Crippen LogP contribution < -0.4 is 14.2 Å². The smallest absolute Gasteiger partial charge is 0.303 e. The Morgan fingerprint density at radius 2 is 1.67 bits per heavy atom. The Bertz CT molecular complexity index is 768. The van der Waals surface area contributed by atoms with Crippen molar-refractivity contribution in [3.63, 3.8) is 0 Å². The molecule has 0 atom stereocenters. The van der Waals surface area contributed by atoms with Crippen molar-refractivity contribution in [2.45, 2.75) is 33.6 Å². The lowest BCUT2D eigenvalue weighted by Gasteiger charge is -2.15. The summed E-state index contributed by atoms with van der Waals surface area (Å²) in [6.45, 7) is 7.04. The average Bonchev–Trinajstić information content (AvgIpc) is 2.58. The minimum Gasteiger partial charge on any atom is -0.490 e. The van der Waals surface area contributed by atoms with Crippen LogP contribution in [-0.4, -0.2) is 30.9 Å². The van der Waals surface area contributed by atoms with Crippen LogP contribution in [0.25, 0.3) is 0 Å². The lowest BCUT2D eigenvalue weighted by Crippen LogP contribution is -2.10. The van der Waals surface area contributed by atoms with E-state index in [1.165, 1.54) is 0 Å². The van der Waals surface area contributed by atoms with Crippen molar-refractivity contribution in [2.24, 2.45) is 0 Å². The van der Waals surface area contributed by atoms with Crippen LogP contribution in [0, 0.1) is 13.8 Å². The molecule has 6 heteroatoms. The minimum absolute atomic E-state index is 0.0336. The third kappa shape index (κ3) is 6.68. The van der Waals surface area contributed by atoms with Crippen molar-refractivity contribution in [3.8, 4) is 17.2 Å². The summed E-state index contributed by atoms with van der Waals surface area (Å²) in [5.41, 5.74) is 3.08. The number of hydrogen-bond acceptors (Lipinski definition) is 4. The van der Waals surface area contributed by atoms with Crippen molar-refractivity contribution in [1.29, 1.82) is 0 Å². The Balaban J connectivity index is 2.00. The molecule has 2 aromatic rings. The lowest BCUT2D eigenvalue weighted by atomic mass is 10.1. The zero-order valence-electron chi connectivity index (χ0n) is 15.9. The number of benzene rings is 2. The highest BCUT2D eigenvalue weighted by atomic mass is 35.5. The molecule has 0 heterocycles. The van der Waals surface area contributed by atoms with Gasteiger partial charge in [0.25, 0.3) is 0 Å². The van der Waals surface area contributed by atoms with Crippen LogP contribution in [0.1, 0.15) is 30.0 Å². The summed E-state index contributed by atoms with van der Waals surface area (Å²) in [6, 6.07) is 9.53. The first-order valence-electron chi connectivity index (χ1n) is 8.90. The van der Waals surface area contributed by atoms with Crippen LogP contribution >= 0.6 is 11.6 Å². The molecule has 0 saturated heterocycles. The Hall–Kier alpha value is -2.40. The van der Waals surface area contributed by atoms with E-state index in [9.17, 15) is 4.79 Å². The lowest BCUT2D eigenvalue weighted by molar-refractivity contribution is -0.136. The maximum absolute atomic E-state index is 10.8. The van der Waals surface area contributed by atoms with Crippen LogP contribution in [0.2, 0.25) is 5.02 Å². The van der Waals surface area contributed by atoms with E-state index in [0.29, 0.717) is 42.8 Å². The molecule has 2 rings (SSSR count). The maximum Gasteiger partial charge on any atom is 0.303 e. The number of rotatable bonds is 10. The van der Waals surface area contributed by atoms with Gasteiger partial charge in [-0.15, -0.1) is 0 Å². The van der Waals surface area contributed by atoms with Crippen molar-refractivity contribution < 1.29 is 24.1 Å². The zero-order valence-corrected chi connectivity index (χ0v) is 16.6. The summed E-state index contributed by atoms with van der Waals surface area (Å²) in [5, 5.41) is 9.24. The Labute approximate surface area is 164 Å². The minimum atomic E-state index is -0.854. The average molecular weight is 393 g/mol. The molecule has 0 spiro atoms. The van der Waals surface area contributed by atoms with Gasteiger partial charge in [-0.05, 0) is 68.1 Å². The number of carbonyl (C=O) groups is 1. The second-order valence-electron chi connectivity index (χ2n) is 6.25. The van der Waals surface area contributed by atoms with Gasteiger partial charge in [0.1, 0.15) is 19.0 Å². The Kier molecular flexibility index (Phi) is 7.80. The van der Waals surface area contributed by atoms with Gasteiger partial charge in [0.05, 0.1) is 11.6 Å². The second kappa shape index (κ2) is 10.1. The second-order valence-corrected chi connectivity index (χ2v) is 6.66. The summed E-state index contributed by atoms with van der Waals surface area (Å²) >= 11 is 6.33. The molecule has 0 saturated carbocycles. The standard InChI is InChI=1S/C21H25ClO5/c1-4-25-19-13-16(5-6-20(23)24)12-18(22)21(19)27-8-7-26-17-10-14(2)9-15(3)11-17/h9-13H,4-8H2,1-3H3,(H,23,24). The Morgan fingerprint density at radius 1 is 1.00 bits per heavy atom. The van der Waals surface area contributed by atoms with E-state index < -0.39 is 5.97 Å². The quantitative estimate of drug-likeness (QED) is 0.586. The highest BCUT2D eigenvalue weighted by Gasteiger charge is 2.13. The van der Waals surface area contributed by atoms with Gasteiger partial charge >= 0.3 is 5.97 Å². The molecule has 27 heavy (non-hydrogen) atoms. The van der Waals surface area contributed by atoms with Gasteiger partial charge in [-0.25, -0.2) is 0 Å². The number of ether oxygens (including phenoxy) is 3. The fourth-order valence-electron chi connectivity index (χ4n) is 2.74. The number of aliphatic carboxylic acids is 1. The highest BCUT2D eigenvalue weighted by Crippen LogP contribution is 2.37. The molecule has 0 radical (unpaired) electrons. The summed E-state index contributed by atoms with van der Waals surface area (Å²) in [7, 11) is 0. The highest BCUT2D eigenvalue weighted by molar-refractivity contribution is 6.32. The normalized spacial score (nSPS) is 10.5. The molecule has 2 aromatic carbocycles. The summed E-state index contributed by atoms with van der Waals surface area (Å²) < 4.78 is 17.1. The van der Waals surface area contributed by atoms with E-state index in [-0.39, 0.29) is 6.42 Å². The predicted molar refractivity (Wildman–Crippen MR) is 105 cm³/mol. The Morgan fingerprint density at radius 3 is 2.30 bits per heavy atom. The van der Waals surface area contributed by atoms with E-state index in [4.69, 9.17) is 30.9 Å². The first kappa shape index (κ1) is 20.9. The number of carboxylic acid groups (broad SMARTS) is 1. The molecule has 0 aliphatic rings. The first-order chi connectivity index (χ1) is 12.9. The summed E-state index contributed by atoms with van der Waals surface area (Å²) in [5.74, 6) is 0.905. The van der Waals surface area contributed by atoms with Crippen molar-refractivity contribution in [3.05, 3.63) is 52.0 Å². The number of halogens is 1. The van der Waals surface area contributed by atoms with Gasteiger partial charge in [0, 0.05) is 6.42 Å². The predicted octanol–water partition coefficient (Wildman–Crippen LogP) is 4.83. The molecule has 0 amide bonds. The van der Waals surface area contributed by atoms with E-state index in [2.05, 4.69) is 6.07 Å².